The van der Waals surface area contributed by atoms with Crippen LogP contribution in [-0.2, 0) is 0 Å². The molecule has 0 saturated heterocycles. The van der Waals surface area contributed by atoms with Crippen molar-refractivity contribution in [2.75, 3.05) is 0 Å². The molecular weight excluding hydrogens is 166 g/mol. The number of carbonyl (C=O) groups is 1. The maximum atomic E-state index is 11.3. The molecule has 0 atom stereocenters. The van der Waals surface area contributed by atoms with Crippen LogP contribution in [0.1, 0.15) is 10.4 Å². The number of nitrogens with one attached hydrogen (secondary N) is 1. The Morgan fingerprint density at radius 3 is 3.00 bits per heavy atom. The van der Waals surface area contributed by atoms with Gasteiger partial charge in [-0.25, -0.2) is 0 Å². The Balaban J connectivity index is 2.53. The molecule has 0 fully saturated rings. The van der Waals surface area contributed by atoms with Gasteiger partial charge in [0.1, 0.15) is 0 Å². The largest absolute Gasteiger partial charge is 0.366 e. The van der Waals surface area contributed by atoms with Crippen LogP contribution in [0.2, 0.25) is 0 Å². The molecule has 2 aromatic rings. The van der Waals surface area contributed by atoms with Crippen molar-refractivity contribution >= 4 is 22.4 Å². The van der Waals surface area contributed by atoms with E-state index in [9.17, 15) is 4.79 Å². The average Bonchev–Trinajstić information content (AvgIpc) is 2.70. The minimum absolute atomic E-state index is 0.250. The summed E-state index contributed by atoms with van der Waals surface area (Å²) in [5, 5.41) is 9.19. The minimum atomic E-state index is -0.250. The van der Waals surface area contributed by atoms with Crippen LogP contribution in [0.3, 0.4) is 0 Å². The molecule has 0 saturated carbocycles. The fourth-order valence-corrected chi connectivity index (χ4v) is 1.58. The van der Waals surface area contributed by atoms with Crippen LogP contribution in [0.15, 0.2) is 34.8 Å². The van der Waals surface area contributed by atoms with Crippen LogP contribution in [0.25, 0.3) is 10.8 Å². The Hall–Kier alpha value is -1.97. The second-order valence-corrected chi connectivity index (χ2v) is 2.92. The normalized spacial score (nSPS) is 14.0. The highest BCUT2D eigenvalue weighted by Gasteiger charge is 2.20. The lowest BCUT2D eigenvalue weighted by molar-refractivity contribution is 0.100. The minimum Gasteiger partial charge on any atom is -0.366 e. The van der Waals surface area contributed by atoms with E-state index in [4.69, 9.17) is 0 Å². The van der Waals surface area contributed by atoms with E-state index in [0.29, 0.717) is 11.3 Å². The van der Waals surface area contributed by atoms with Gasteiger partial charge in [0.25, 0.3) is 5.91 Å². The fraction of sp³-hybridized carbons (Fsp3) is 0. The Morgan fingerprint density at radius 2 is 2.08 bits per heavy atom. The van der Waals surface area contributed by atoms with Crippen molar-refractivity contribution in [1.82, 2.24) is 4.98 Å². The molecule has 1 N–H and O–H groups in total. The molecule has 0 bridgehead atoms. The molecule has 1 aliphatic heterocycles. The molecule has 0 aliphatic carbocycles. The number of nitrogens with zero attached hydrogens (tertiary/aromatic N) is 2. The van der Waals surface area contributed by atoms with Crippen molar-refractivity contribution in [2.45, 2.75) is 0 Å². The summed E-state index contributed by atoms with van der Waals surface area (Å²) in [4.78, 5) is 14.3. The number of hydrogen-bond donors (Lipinski definition) is 1. The number of rotatable bonds is 0. The van der Waals surface area contributed by atoms with Gasteiger partial charge in [-0.3, -0.25) is 4.79 Å². The summed E-state index contributed by atoms with van der Waals surface area (Å²) in [5.41, 5.74) is 1.27. The fourth-order valence-electron chi connectivity index (χ4n) is 1.58. The number of H-pyrrole nitrogens is 1. The van der Waals surface area contributed by atoms with Crippen LogP contribution >= 0.6 is 0 Å². The maximum absolute atomic E-state index is 11.3. The van der Waals surface area contributed by atoms with Gasteiger partial charge in [-0.15, -0.1) is 10.2 Å². The molecule has 4 nitrogen and oxygen atoms in total. The zero-order valence-corrected chi connectivity index (χ0v) is 6.61. The van der Waals surface area contributed by atoms with E-state index in [0.717, 1.165) is 10.8 Å². The highest BCUT2D eigenvalue weighted by Crippen LogP contribution is 2.32. The Morgan fingerprint density at radius 1 is 1.15 bits per heavy atom. The van der Waals surface area contributed by atoms with E-state index in [1.54, 1.807) is 12.3 Å². The van der Waals surface area contributed by atoms with Crippen molar-refractivity contribution in [1.29, 1.82) is 0 Å². The van der Waals surface area contributed by atoms with Crippen molar-refractivity contribution in [3.63, 3.8) is 0 Å². The molecule has 1 aromatic heterocycles. The van der Waals surface area contributed by atoms with Crippen LogP contribution in [0.4, 0.5) is 5.69 Å². The smallest absolute Gasteiger partial charge is 0.298 e. The van der Waals surface area contributed by atoms with Gasteiger partial charge in [-0.2, -0.15) is 0 Å². The van der Waals surface area contributed by atoms with Crippen LogP contribution in [-0.4, -0.2) is 10.9 Å². The molecular formula is C9H5N3O. The summed E-state index contributed by atoms with van der Waals surface area (Å²) in [6.07, 6.45) is 3.64. The molecule has 4 heteroatoms. The summed E-state index contributed by atoms with van der Waals surface area (Å²) >= 11 is 0. The van der Waals surface area contributed by atoms with Gasteiger partial charge in [0.05, 0.1) is 11.3 Å². The standard InChI is InChI=1S/C9H5N3O/c13-9-8-6-4-10-3-5(6)1-2-7(8)11-12-9/h1-4,10H. The van der Waals surface area contributed by atoms with E-state index in [1.807, 2.05) is 12.3 Å². The van der Waals surface area contributed by atoms with Crippen molar-refractivity contribution in [2.24, 2.45) is 10.2 Å². The summed E-state index contributed by atoms with van der Waals surface area (Å²) < 4.78 is 0. The molecule has 1 aromatic carbocycles. The third-order valence-corrected chi connectivity index (χ3v) is 2.19. The number of benzene rings is 1. The summed E-state index contributed by atoms with van der Waals surface area (Å²) in [6.45, 7) is 0. The molecule has 13 heavy (non-hydrogen) atoms. The molecule has 0 unspecified atom stereocenters. The van der Waals surface area contributed by atoms with Crippen LogP contribution in [0.5, 0.6) is 0 Å². The van der Waals surface area contributed by atoms with E-state index >= 15 is 0 Å². The Kier molecular flexibility index (Phi) is 1.02. The first-order valence-corrected chi connectivity index (χ1v) is 3.92. The predicted octanol–water partition coefficient (Wildman–Crippen LogP) is 2.41. The highest BCUT2D eigenvalue weighted by molar-refractivity contribution is 6.13. The molecule has 0 radical (unpaired) electrons. The number of carbonyl (C=O) groups excluding carboxylic acids is 1. The van der Waals surface area contributed by atoms with Gasteiger partial charge in [-0.05, 0) is 6.07 Å². The SMILES string of the molecule is O=C1N=Nc2ccc3c[nH]cc3c21. The van der Waals surface area contributed by atoms with Gasteiger partial charge in [0, 0.05) is 23.2 Å². The lowest BCUT2D eigenvalue weighted by Gasteiger charge is -1.94. The lowest BCUT2D eigenvalue weighted by atomic mass is 10.1. The van der Waals surface area contributed by atoms with E-state index in [1.165, 1.54) is 0 Å². The number of aromatic nitrogens is 1. The lowest BCUT2D eigenvalue weighted by Crippen LogP contribution is -1.88. The number of azo groups is 1. The van der Waals surface area contributed by atoms with Gasteiger partial charge in [-0.1, -0.05) is 6.07 Å². The zero-order chi connectivity index (χ0) is 8.84. The first-order valence-electron chi connectivity index (χ1n) is 3.92. The summed E-state index contributed by atoms with van der Waals surface area (Å²) in [5.74, 6) is -0.250. The van der Waals surface area contributed by atoms with Crippen LogP contribution in [0, 0.1) is 0 Å². The molecule has 2 heterocycles. The van der Waals surface area contributed by atoms with Crippen molar-refractivity contribution in [3.8, 4) is 0 Å². The number of amides is 1. The third-order valence-electron chi connectivity index (χ3n) is 2.19. The second kappa shape index (κ2) is 2.04. The van der Waals surface area contributed by atoms with E-state index < -0.39 is 0 Å². The molecule has 1 amide bonds. The first-order chi connectivity index (χ1) is 6.36. The number of hydrogen-bond acceptors (Lipinski definition) is 2. The van der Waals surface area contributed by atoms with E-state index in [2.05, 4.69) is 15.2 Å². The Bertz CT molecular complexity index is 539. The van der Waals surface area contributed by atoms with Gasteiger partial charge < -0.3 is 4.98 Å². The quantitative estimate of drug-likeness (QED) is 0.650. The molecule has 3 rings (SSSR count). The van der Waals surface area contributed by atoms with Crippen molar-refractivity contribution in [3.05, 3.63) is 30.1 Å². The number of fused-ring (bicyclic) bond motifs is 3. The monoisotopic (exact) mass is 171 g/mol. The second-order valence-electron chi connectivity index (χ2n) is 2.92. The number of aromatic amines is 1. The molecule has 0 spiro atoms. The maximum Gasteiger partial charge on any atom is 0.298 e. The van der Waals surface area contributed by atoms with Gasteiger partial charge in [0.2, 0.25) is 0 Å². The zero-order valence-electron chi connectivity index (χ0n) is 6.61. The third kappa shape index (κ3) is 0.717. The Labute approximate surface area is 73.3 Å². The summed E-state index contributed by atoms with van der Waals surface area (Å²) in [6, 6.07) is 3.72. The summed E-state index contributed by atoms with van der Waals surface area (Å²) in [7, 11) is 0. The molecule has 62 valence electrons. The highest BCUT2D eigenvalue weighted by atomic mass is 16.2. The van der Waals surface area contributed by atoms with E-state index in [-0.39, 0.29) is 5.91 Å². The predicted molar refractivity (Wildman–Crippen MR) is 47.1 cm³/mol. The van der Waals surface area contributed by atoms with Gasteiger partial charge in [0.15, 0.2) is 0 Å². The van der Waals surface area contributed by atoms with Gasteiger partial charge >= 0.3 is 0 Å². The van der Waals surface area contributed by atoms with Crippen molar-refractivity contribution < 1.29 is 4.79 Å². The average molecular weight is 171 g/mol. The topological polar surface area (TPSA) is 57.6 Å². The first kappa shape index (κ1) is 6.54. The molecule has 1 aliphatic rings. The van der Waals surface area contributed by atoms with Crippen LogP contribution < -0.4 is 0 Å².